The third-order valence-corrected chi connectivity index (χ3v) is 11.3. The second kappa shape index (κ2) is 8.84. The molecule has 2 aromatic heterocycles. The minimum Gasteiger partial charge on any atom is -0.277 e. The number of fused-ring (bicyclic) bond motifs is 10. The molecular weight excluding hydrogens is 551 g/mol. The Balaban J connectivity index is 1.37. The first-order valence-corrected chi connectivity index (χ1v) is 15.8. The zero-order valence-corrected chi connectivity index (χ0v) is 24.8. The highest BCUT2D eigenvalue weighted by Gasteiger charge is 2.38. The molecule has 0 saturated heterocycles. The zero-order chi connectivity index (χ0) is 28.0. The van der Waals surface area contributed by atoms with Gasteiger partial charge in [-0.25, -0.2) is 9.97 Å². The van der Waals surface area contributed by atoms with Crippen molar-refractivity contribution in [3.05, 3.63) is 127 Å². The van der Waals surface area contributed by atoms with Crippen molar-refractivity contribution in [1.29, 1.82) is 0 Å². The van der Waals surface area contributed by atoms with Crippen LogP contribution in [0, 0.1) is 0 Å². The molecule has 200 valence electrons. The summed E-state index contributed by atoms with van der Waals surface area (Å²) in [6.45, 7) is 4.73. The van der Waals surface area contributed by atoms with Gasteiger partial charge in [-0.2, -0.15) is 0 Å². The summed E-state index contributed by atoms with van der Waals surface area (Å²) in [5.74, 6) is 0.695. The number of hydrogen-bond acceptors (Lipinski definition) is 4. The topological polar surface area (TPSA) is 30.7 Å². The van der Waals surface area contributed by atoms with Crippen molar-refractivity contribution in [1.82, 2.24) is 14.5 Å². The molecule has 1 aliphatic carbocycles. The average molecular weight is 576 g/mol. The van der Waals surface area contributed by atoms with Crippen LogP contribution < -0.4 is 0 Å². The quantitative estimate of drug-likeness (QED) is 0.205. The highest BCUT2D eigenvalue weighted by Crippen LogP contribution is 2.56. The van der Waals surface area contributed by atoms with Crippen LogP contribution in [0.3, 0.4) is 0 Å². The molecule has 42 heavy (non-hydrogen) atoms. The molecule has 0 bridgehead atoms. The fraction of sp³-hybridized carbons (Fsp3) is 0.0811. The van der Waals surface area contributed by atoms with Crippen molar-refractivity contribution in [2.75, 3.05) is 0 Å². The number of hydrogen-bond donors (Lipinski definition) is 0. The van der Waals surface area contributed by atoms with Gasteiger partial charge in [-0.1, -0.05) is 116 Å². The van der Waals surface area contributed by atoms with Gasteiger partial charge >= 0.3 is 0 Å². The van der Waals surface area contributed by atoms with Gasteiger partial charge in [0, 0.05) is 48.8 Å². The molecule has 0 amide bonds. The van der Waals surface area contributed by atoms with Gasteiger partial charge < -0.3 is 0 Å². The Morgan fingerprint density at radius 2 is 1.33 bits per heavy atom. The summed E-state index contributed by atoms with van der Waals surface area (Å²) in [5.41, 5.74) is 9.76. The summed E-state index contributed by atoms with van der Waals surface area (Å²) in [6, 6.07) is 37.1. The monoisotopic (exact) mass is 575 g/mol. The van der Waals surface area contributed by atoms with Gasteiger partial charge in [0.1, 0.15) is 0 Å². The Morgan fingerprint density at radius 1 is 0.619 bits per heavy atom. The van der Waals surface area contributed by atoms with Gasteiger partial charge in [0.15, 0.2) is 0 Å². The largest absolute Gasteiger partial charge is 0.277 e. The van der Waals surface area contributed by atoms with Crippen molar-refractivity contribution >= 4 is 45.3 Å². The first-order chi connectivity index (χ1) is 20.6. The molecule has 0 N–H and O–H groups in total. The van der Waals surface area contributed by atoms with E-state index in [1.54, 1.807) is 0 Å². The maximum Gasteiger partial charge on any atom is 0.234 e. The molecule has 9 rings (SSSR count). The fourth-order valence-electron chi connectivity index (χ4n) is 6.87. The smallest absolute Gasteiger partial charge is 0.234 e. The van der Waals surface area contributed by atoms with E-state index in [0.29, 0.717) is 5.95 Å². The normalized spacial score (nSPS) is 14.4. The Morgan fingerprint density at radius 3 is 2.14 bits per heavy atom. The van der Waals surface area contributed by atoms with Crippen molar-refractivity contribution in [2.45, 2.75) is 38.8 Å². The number of benzene rings is 5. The van der Waals surface area contributed by atoms with Crippen molar-refractivity contribution in [3.8, 4) is 28.2 Å². The van der Waals surface area contributed by atoms with E-state index < -0.39 is 0 Å². The SMILES string of the molecule is CC1(C)c2ccccc2-c2ccc3c(c21)c1ccc2c(c1n3-c1ncc(-c3ccccc3)cn1)Sc1ccccc1S2. The molecule has 2 aliphatic rings. The summed E-state index contributed by atoms with van der Waals surface area (Å²) in [4.78, 5) is 15.1. The lowest BCUT2D eigenvalue weighted by Crippen LogP contribution is -2.15. The maximum absolute atomic E-state index is 5.00. The number of rotatable bonds is 2. The standard InChI is InChI=1S/C37H25N3S2/c1-37(2)27-13-7-6-12-24(27)25-16-18-28-32(33(25)37)26-17-19-31-35(42-30-15-9-8-14-29(30)41-31)34(26)40(28)36-38-20-23(21-39-36)22-10-4-3-5-11-22/h3-21H,1-2H3. The molecule has 5 heteroatoms. The summed E-state index contributed by atoms with van der Waals surface area (Å²) >= 11 is 3.71. The van der Waals surface area contributed by atoms with Crippen LogP contribution in [0.15, 0.2) is 135 Å². The van der Waals surface area contributed by atoms with Crippen LogP contribution in [0.4, 0.5) is 0 Å². The highest BCUT2D eigenvalue weighted by molar-refractivity contribution is 8.05. The predicted molar refractivity (Wildman–Crippen MR) is 174 cm³/mol. The molecular formula is C37H25N3S2. The van der Waals surface area contributed by atoms with Crippen LogP contribution in [0.1, 0.15) is 25.0 Å². The van der Waals surface area contributed by atoms with Crippen molar-refractivity contribution in [2.24, 2.45) is 0 Å². The minimum absolute atomic E-state index is 0.132. The number of aromatic nitrogens is 3. The molecule has 5 aromatic carbocycles. The molecule has 1 aliphatic heterocycles. The summed E-state index contributed by atoms with van der Waals surface area (Å²) < 4.78 is 2.30. The van der Waals surface area contributed by atoms with E-state index in [1.807, 2.05) is 42.0 Å². The van der Waals surface area contributed by atoms with Gasteiger partial charge in [0.05, 0.1) is 15.9 Å². The Labute approximate surface area is 252 Å². The first-order valence-electron chi connectivity index (χ1n) is 14.2. The van der Waals surface area contributed by atoms with Gasteiger partial charge in [0.25, 0.3) is 0 Å². The first kappa shape index (κ1) is 24.3. The van der Waals surface area contributed by atoms with Crippen LogP contribution in [0.25, 0.3) is 50.0 Å². The Bertz CT molecular complexity index is 2210. The van der Waals surface area contributed by atoms with E-state index in [9.17, 15) is 0 Å². The van der Waals surface area contributed by atoms with Crippen molar-refractivity contribution < 1.29 is 0 Å². The second-order valence-electron chi connectivity index (χ2n) is 11.5. The van der Waals surface area contributed by atoms with Crippen molar-refractivity contribution in [3.63, 3.8) is 0 Å². The van der Waals surface area contributed by atoms with Crippen LogP contribution in [-0.2, 0) is 5.41 Å². The maximum atomic E-state index is 5.00. The third-order valence-electron chi connectivity index (χ3n) is 8.75. The molecule has 3 nitrogen and oxygen atoms in total. The predicted octanol–water partition coefficient (Wildman–Crippen LogP) is 10.2. The zero-order valence-electron chi connectivity index (χ0n) is 23.1. The van der Waals surface area contributed by atoms with Crippen LogP contribution >= 0.6 is 23.5 Å². The molecule has 7 aromatic rings. The fourth-order valence-corrected chi connectivity index (χ4v) is 9.25. The lowest BCUT2D eigenvalue weighted by molar-refractivity contribution is 0.666. The van der Waals surface area contributed by atoms with Gasteiger partial charge in [-0.3, -0.25) is 4.57 Å². The second-order valence-corrected chi connectivity index (χ2v) is 13.6. The third kappa shape index (κ3) is 3.32. The molecule has 0 fully saturated rings. The molecule has 3 heterocycles. The van der Waals surface area contributed by atoms with E-state index in [0.717, 1.165) is 16.6 Å². The van der Waals surface area contributed by atoms with E-state index in [4.69, 9.17) is 9.97 Å². The lowest BCUT2D eigenvalue weighted by atomic mass is 9.80. The molecule has 0 saturated carbocycles. The van der Waals surface area contributed by atoms with Gasteiger partial charge in [-0.05, 0) is 52.1 Å². The summed E-state index contributed by atoms with van der Waals surface area (Å²) in [6.07, 6.45) is 3.91. The molecule has 0 atom stereocenters. The van der Waals surface area contributed by atoms with Crippen LogP contribution in [0.5, 0.6) is 0 Å². The Hall–Kier alpha value is -4.32. The average Bonchev–Trinajstić information content (AvgIpc) is 3.50. The number of nitrogens with zero attached hydrogens (tertiary/aromatic N) is 3. The van der Waals surface area contributed by atoms with E-state index >= 15 is 0 Å². The molecule has 0 unspecified atom stereocenters. The van der Waals surface area contributed by atoms with E-state index in [1.165, 1.54) is 58.1 Å². The highest BCUT2D eigenvalue weighted by atomic mass is 32.2. The van der Waals surface area contributed by atoms with Crippen LogP contribution in [-0.4, -0.2) is 14.5 Å². The van der Waals surface area contributed by atoms with E-state index in [-0.39, 0.29) is 5.41 Å². The van der Waals surface area contributed by atoms with Gasteiger partial charge in [0.2, 0.25) is 5.95 Å². The molecule has 0 radical (unpaired) electrons. The summed E-state index contributed by atoms with van der Waals surface area (Å²) in [5, 5.41) is 2.55. The Kier molecular flexibility index (Phi) is 5.11. The minimum atomic E-state index is -0.132. The van der Waals surface area contributed by atoms with Gasteiger partial charge in [-0.15, -0.1) is 0 Å². The van der Waals surface area contributed by atoms with Crippen LogP contribution in [0.2, 0.25) is 0 Å². The van der Waals surface area contributed by atoms with E-state index in [2.05, 4.69) is 115 Å². The lowest BCUT2D eigenvalue weighted by Gasteiger charge is -2.22. The summed E-state index contributed by atoms with van der Waals surface area (Å²) in [7, 11) is 0. The molecule has 0 spiro atoms.